The second-order valence-corrected chi connectivity index (χ2v) is 5.42. The molecular formula is C14H19ClFN3O. The van der Waals surface area contributed by atoms with Crippen LogP contribution < -0.4 is 11.1 Å². The van der Waals surface area contributed by atoms with Gasteiger partial charge in [-0.25, -0.2) is 4.39 Å². The minimum absolute atomic E-state index is 0.00489. The number of hydrogen-bond acceptors (Lipinski definition) is 2. The molecule has 110 valence electrons. The summed E-state index contributed by atoms with van der Waals surface area (Å²) in [5.41, 5.74) is 5.02. The van der Waals surface area contributed by atoms with E-state index in [1.165, 1.54) is 0 Å². The highest BCUT2D eigenvalue weighted by Gasteiger charge is 2.46. The van der Waals surface area contributed by atoms with Crippen LogP contribution in [-0.2, 0) is 10.4 Å². The fourth-order valence-electron chi connectivity index (χ4n) is 2.34. The highest BCUT2D eigenvalue weighted by Crippen LogP contribution is 2.45. The fourth-order valence-corrected chi connectivity index (χ4v) is 2.53. The quantitative estimate of drug-likeness (QED) is 0.498. The molecule has 1 saturated carbocycles. The lowest BCUT2D eigenvalue weighted by Crippen LogP contribution is -2.53. The Bertz CT molecular complexity index is 489. The van der Waals surface area contributed by atoms with Crippen molar-refractivity contribution in [2.75, 3.05) is 20.3 Å². The zero-order chi connectivity index (χ0) is 14.6. The van der Waals surface area contributed by atoms with Crippen LogP contribution in [0, 0.1) is 0 Å². The van der Waals surface area contributed by atoms with Crippen molar-refractivity contribution in [1.82, 2.24) is 5.32 Å². The van der Waals surface area contributed by atoms with Crippen LogP contribution in [0.1, 0.15) is 18.4 Å². The molecule has 6 heteroatoms. The number of guanidine groups is 1. The summed E-state index contributed by atoms with van der Waals surface area (Å²) in [6, 6.07) is 6.94. The SMILES string of the molecule is COCCN=C(N)NC1CC(F)(c2cccc(Cl)c2)C1. The van der Waals surface area contributed by atoms with Gasteiger partial charge < -0.3 is 15.8 Å². The van der Waals surface area contributed by atoms with Crippen molar-refractivity contribution in [3.8, 4) is 0 Å². The first-order valence-corrected chi connectivity index (χ1v) is 6.92. The number of aliphatic imine (C=N–C) groups is 1. The number of halogens is 2. The molecule has 0 saturated heterocycles. The Morgan fingerprint density at radius 2 is 2.35 bits per heavy atom. The number of benzene rings is 1. The second-order valence-electron chi connectivity index (χ2n) is 4.98. The summed E-state index contributed by atoms with van der Waals surface area (Å²) in [4.78, 5) is 4.09. The van der Waals surface area contributed by atoms with E-state index in [1.807, 2.05) is 0 Å². The maximum atomic E-state index is 14.6. The van der Waals surface area contributed by atoms with Crippen LogP contribution in [0.15, 0.2) is 29.3 Å². The summed E-state index contributed by atoms with van der Waals surface area (Å²) in [7, 11) is 1.60. The van der Waals surface area contributed by atoms with Gasteiger partial charge in [-0.05, 0) is 17.7 Å². The Kier molecular flexibility index (Phi) is 4.83. The van der Waals surface area contributed by atoms with Crippen molar-refractivity contribution < 1.29 is 9.13 Å². The molecule has 20 heavy (non-hydrogen) atoms. The highest BCUT2D eigenvalue weighted by molar-refractivity contribution is 6.30. The first-order chi connectivity index (χ1) is 9.53. The molecule has 0 heterocycles. The third-order valence-electron chi connectivity index (χ3n) is 3.41. The number of hydrogen-bond donors (Lipinski definition) is 2. The Hall–Kier alpha value is -1.33. The molecule has 1 aliphatic rings. The van der Waals surface area contributed by atoms with E-state index in [0.717, 1.165) is 0 Å². The van der Waals surface area contributed by atoms with E-state index in [4.69, 9.17) is 22.1 Å². The van der Waals surface area contributed by atoms with Gasteiger partial charge in [-0.15, -0.1) is 0 Å². The lowest BCUT2D eigenvalue weighted by molar-refractivity contribution is 0.0326. The van der Waals surface area contributed by atoms with Crippen molar-refractivity contribution in [1.29, 1.82) is 0 Å². The number of nitrogens with two attached hydrogens (primary N) is 1. The summed E-state index contributed by atoms with van der Waals surface area (Å²) in [6.07, 6.45) is 0.738. The average Bonchev–Trinajstić information content (AvgIpc) is 2.37. The molecule has 1 aromatic carbocycles. The van der Waals surface area contributed by atoms with Crippen LogP contribution in [0.25, 0.3) is 0 Å². The van der Waals surface area contributed by atoms with Crippen molar-refractivity contribution >= 4 is 17.6 Å². The number of ether oxygens (including phenoxy) is 1. The van der Waals surface area contributed by atoms with Crippen LogP contribution in [0.2, 0.25) is 5.02 Å². The molecule has 0 aliphatic heterocycles. The van der Waals surface area contributed by atoms with E-state index in [1.54, 1.807) is 31.4 Å². The Labute approximate surface area is 123 Å². The number of rotatable bonds is 5. The van der Waals surface area contributed by atoms with Gasteiger partial charge in [-0.1, -0.05) is 23.7 Å². The molecule has 2 rings (SSSR count). The first kappa shape index (κ1) is 15.1. The minimum Gasteiger partial charge on any atom is -0.383 e. The number of nitrogens with zero attached hydrogens (tertiary/aromatic N) is 1. The predicted octanol–water partition coefficient (Wildman–Crippen LogP) is 2.22. The molecular weight excluding hydrogens is 281 g/mol. The van der Waals surface area contributed by atoms with Gasteiger partial charge in [-0.2, -0.15) is 0 Å². The third kappa shape index (κ3) is 3.61. The van der Waals surface area contributed by atoms with Crippen LogP contribution >= 0.6 is 11.6 Å². The van der Waals surface area contributed by atoms with E-state index >= 15 is 0 Å². The number of nitrogens with one attached hydrogen (secondary N) is 1. The Balaban J connectivity index is 1.86. The molecule has 4 nitrogen and oxygen atoms in total. The lowest BCUT2D eigenvalue weighted by Gasteiger charge is -2.42. The molecule has 0 radical (unpaired) electrons. The van der Waals surface area contributed by atoms with Crippen LogP contribution in [0.5, 0.6) is 0 Å². The van der Waals surface area contributed by atoms with E-state index in [-0.39, 0.29) is 6.04 Å². The smallest absolute Gasteiger partial charge is 0.188 e. The first-order valence-electron chi connectivity index (χ1n) is 6.54. The topological polar surface area (TPSA) is 59.6 Å². The van der Waals surface area contributed by atoms with Crippen molar-refractivity contribution in [3.63, 3.8) is 0 Å². The van der Waals surface area contributed by atoms with Gasteiger partial charge in [0.05, 0.1) is 13.2 Å². The summed E-state index contributed by atoms with van der Waals surface area (Å²) in [5, 5.41) is 3.57. The summed E-state index contributed by atoms with van der Waals surface area (Å²) < 4.78 is 19.5. The monoisotopic (exact) mass is 299 g/mol. The Morgan fingerprint density at radius 3 is 3.00 bits per heavy atom. The van der Waals surface area contributed by atoms with Crippen LogP contribution in [-0.4, -0.2) is 32.3 Å². The van der Waals surface area contributed by atoms with Crippen molar-refractivity contribution in [2.24, 2.45) is 10.7 Å². The molecule has 1 aromatic rings. The van der Waals surface area contributed by atoms with Crippen molar-refractivity contribution in [2.45, 2.75) is 24.6 Å². The summed E-state index contributed by atoms with van der Waals surface area (Å²) in [6.45, 7) is 1.01. The van der Waals surface area contributed by atoms with Crippen LogP contribution in [0.3, 0.4) is 0 Å². The third-order valence-corrected chi connectivity index (χ3v) is 3.65. The fraction of sp³-hybridized carbons (Fsp3) is 0.500. The average molecular weight is 300 g/mol. The number of alkyl halides is 1. The summed E-state index contributed by atoms with van der Waals surface area (Å²) >= 11 is 5.89. The van der Waals surface area contributed by atoms with Gasteiger partial charge in [0, 0.05) is 31.0 Å². The van der Waals surface area contributed by atoms with Gasteiger partial charge in [-0.3, -0.25) is 4.99 Å². The largest absolute Gasteiger partial charge is 0.383 e. The predicted molar refractivity (Wildman–Crippen MR) is 78.8 cm³/mol. The zero-order valence-corrected chi connectivity index (χ0v) is 12.2. The van der Waals surface area contributed by atoms with Gasteiger partial charge >= 0.3 is 0 Å². The normalized spacial score (nSPS) is 26.1. The molecule has 0 spiro atoms. The molecule has 3 N–H and O–H groups in total. The van der Waals surface area contributed by atoms with E-state index in [2.05, 4.69) is 10.3 Å². The van der Waals surface area contributed by atoms with Gasteiger partial charge in [0.1, 0.15) is 5.67 Å². The zero-order valence-electron chi connectivity index (χ0n) is 11.4. The second kappa shape index (κ2) is 6.41. The summed E-state index contributed by atoms with van der Waals surface area (Å²) in [5.74, 6) is 0.334. The minimum atomic E-state index is -1.32. The van der Waals surface area contributed by atoms with E-state index in [0.29, 0.717) is 42.5 Å². The molecule has 0 atom stereocenters. The lowest BCUT2D eigenvalue weighted by atomic mass is 9.73. The molecule has 0 unspecified atom stereocenters. The van der Waals surface area contributed by atoms with Gasteiger partial charge in [0.25, 0.3) is 0 Å². The molecule has 0 bridgehead atoms. The number of methoxy groups -OCH3 is 1. The highest BCUT2D eigenvalue weighted by atomic mass is 35.5. The maximum absolute atomic E-state index is 14.6. The van der Waals surface area contributed by atoms with Gasteiger partial charge in [0.2, 0.25) is 0 Å². The Morgan fingerprint density at radius 1 is 1.60 bits per heavy atom. The van der Waals surface area contributed by atoms with E-state index in [9.17, 15) is 4.39 Å². The molecule has 0 amide bonds. The van der Waals surface area contributed by atoms with Gasteiger partial charge in [0.15, 0.2) is 5.96 Å². The van der Waals surface area contributed by atoms with Crippen molar-refractivity contribution in [3.05, 3.63) is 34.9 Å². The standard InChI is InChI=1S/C14H19ClFN3O/c1-20-6-5-18-13(17)19-12-8-14(16,9-12)10-3-2-4-11(15)7-10/h2-4,7,12H,5-6,8-9H2,1H3,(H3,17,18,19). The van der Waals surface area contributed by atoms with E-state index < -0.39 is 5.67 Å². The maximum Gasteiger partial charge on any atom is 0.188 e. The molecule has 0 aromatic heterocycles. The molecule has 1 aliphatic carbocycles. The van der Waals surface area contributed by atoms with Crippen LogP contribution in [0.4, 0.5) is 4.39 Å². The molecule has 1 fully saturated rings.